The van der Waals surface area contributed by atoms with Crippen LogP contribution in [0, 0.1) is 13.8 Å². The van der Waals surface area contributed by atoms with Crippen molar-refractivity contribution in [2.24, 2.45) is 0 Å². The van der Waals surface area contributed by atoms with Gasteiger partial charge in [-0.25, -0.2) is 4.79 Å². The van der Waals surface area contributed by atoms with Gasteiger partial charge in [0.25, 0.3) is 0 Å². The van der Waals surface area contributed by atoms with Crippen LogP contribution in [0.4, 0.5) is 0 Å². The van der Waals surface area contributed by atoms with Crippen LogP contribution in [0.2, 0.25) is 0 Å². The zero-order chi connectivity index (χ0) is 17.0. The van der Waals surface area contributed by atoms with Crippen molar-refractivity contribution in [3.63, 3.8) is 0 Å². The highest BCUT2D eigenvalue weighted by molar-refractivity contribution is 5.93. The largest absolute Gasteiger partial charge is 0.491 e. The minimum absolute atomic E-state index is 0.118. The van der Waals surface area contributed by atoms with E-state index in [1.807, 2.05) is 39.8 Å². The van der Waals surface area contributed by atoms with Crippen molar-refractivity contribution in [3.8, 4) is 5.75 Å². The number of hydrogen-bond acceptors (Lipinski definition) is 4. The third-order valence-corrected chi connectivity index (χ3v) is 4.30. The highest BCUT2D eigenvalue weighted by Crippen LogP contribution is 2.24. The van der Waals surface area contributed by atoms with Gasteiger partial charge in [0.2, 0.25) is 0 Å². The first-order valence-electron chi connectivity index (χ1n) is 8.57. The maximum absolute atomic E-state index is 12.5. The van der Waals surface area contributed by atoms with Crippen molar-refractivity contribution >= 4 is 5.97 Å². The van der Waals surface area contributed by atoms with E-state index in [4.69, 9.17) is 9.47 Å². The summed E-state index contributed by atoms with van der Waals surface area (Å²) in [5, 5.41) is 0. The van der Waals surface area contributed by atoms with Gasteiger partial charge in [0.05, 0.1) is 11.7 Å². The summed E-state index contributed by atoms with van der Waals surface area (Å²) in [6.45, 7) is 12.6. The molecular formula is C19H29NO3. The lowest BCUT2D eigenvalue weighted by Crippen LogP contribution is -2.34. The minimum atomic E-state index is -0.234. The van der Waals surface area contributed by atoms with Crippen molar-refractivity contribution in [2.45, 2.75) is 59.6 Å². The second kappa shape index (κ2) is 7.82. The van der Waals surface area contributed by atoms with Gasteiger partial charge < -0.3 is 9.47 Å². The number of carbonyl (C=O) groups is 1. The molecular weight excluding hydrogens is 290 g/mol. The Bertz CT molecular complexity index is 525. The summed E-state index contributed by atoms with van der Waals surface area (Å²) >= 11 is 0. The Kier molecular flexibility index (Phi) is 6.05. The van der Waals surface area contributed by atoms with E-state index in [1.165, 1.54) is 12.8 Å². The van der Waals surface area contributed by atoms with E-state index in [0.717, 1.165) is 30.0 Å². The monoisotopic (exact) mass is 319 g/mol. The molecule has 4 heteroatoms. The third-order valence-electron chi connectivity index (χ3n) is 4.30. The molecule has 0 spiro atoms. The fraction of sp³-hybridized carbons (Fsp3) is 0.632. The minimum Gasteiger partial charge on any atom is -0.491 e. The Labute approximate surface area is 139 Å². The van der Waals surface area contributed by atoms with Crippen molar-refractivity contribution in [2.75, 3.05) is 19.7 Å². The molecule has 1 aromatic carbocycles. The van der Waals surface area contributed by atoms with E-state index >= 15 is 0 Å². The molecule has 2 rings (SSSR count). The van der Waals surface area contributed by atoms with E-state index in [2.05, 4.69) is 11.8 Å². The first kappa shape index (κ1) is 17.8. The van der Waals surface area contributed by atoms with Gasteiger partial charge in [-0.1, -0.05) is 0 Å². The maximum atomic E-state index is 12.5. The van der Waals surface area contributed by atoms with Crippen molar-refractivity contribution in [1.82, 2.24) is 4.90 Å². The number of esters is 1. The molecule has 128 valence electrons. The van der Waals surface area contributed by atoms with E-state index in [9.17, 15) is 4.79 Å². The molecule has 1 saturated heterocycles. The van der Waals surface area contributed by atoms with Crippen LogP contribution in [0.25, 0.3) is 0 Å². The van der Waals surface area contributed by atoms with Crippen LogP contribution in [0.15, 0.2) is 12.1 Å². The predicted molar refractivity (Wildman–Crippen MR) is 92.2 cm³/mol. The maximum Gasteiger partial charge on any atom is 0.338 e. The Hall–Kier alpha value is -1.55. The first-order chi connectivity index (χ1) is 10.9. The lowest BCUT2D eigenvalue weighted by atomic mass is 10.0. The van der Waals surface area contributed by atoms with Gasteiger partial charge in [-0.2, -0.15) is 0 Å². The van der Waals surface area contributed by atoms with Crippen LogP contribution in [0.3, 0.4) is 0 Å². The summed E-state index contributed by atoms with van der Waals surface area (Å²) < 4.78 is 11.3. The van der Waals surface area contributed by atoms with Crippen LogP contribution < -0.4 is 4.74 Å². The number of ether oxygens (including phenoxy) is 2. The van der Waals surface area contributed by atoms with E-state index in [1.54, 1.807) is 0 Å². The van der Waals surface area contributed by atoms with Crippen molar-refractivity contribution in [3.05, 3.63) is 28.8 Å². The summed E-state index contributed by atoms with van der Waals surface area (Å²) in [5.74, 6) is 0.569. The van der Waals surface area contributed by atoms with Gasteiger partial charge in [0, 0.05) is 6.04 Å². The molecule has 0 saturated carbocycles. The van der Waals surface area contributed by atoms with Gasteiger partial charge in [-0.3, -0.25) is 4.90 Å². The van der Waals surface area contributed by atoms with Gasteiger partial charge in [0.1, 0.15) is 12.4 Å². The van der Waals surface area contributed by atoms with Crippen molar-refractivity contribution < 1.29 is 14.3 Å². The molecule has 4 nitrogen and oxygen atoms in total. The average Bonchev–Trinajstić information content (AvgIpc) is 2.97. The number of hydrogen-bond donors (Lipinski definition) is 0. The smallest absolute Gasteiger partial charge is 0.338 e. The highest BCUT2D eigenvalue weighted by atomic mass is 16.5. The fourth-order valence-corrected chi connectivity index (χ4v) is 3.14. The second-order valence-electron chi connectivity index (χ2n) is 6.79. The molecule has 1 fully saturated rings. The first-order valence-corrected chi connectivity index (χ1v) is 8.57. The van der Waals surface area contributed by atoms with Crippen LogP contribution in [0.5, 0.6) is 5.75 Å². The molecule has 0 aromatic heterocycles. The van der Waals surface area contributed by atoms with E-state index in [0.29, 0.717) is 12.2 Å². The molecule has 1 heterocycles. The summed E-state index contributed by atoms with van der Waals surface area (Å²) in [6, 6.07) is 4.10. The third kappa shape index (κ3) is 4.71. The highest BCUT2D eigenvalue weighted by Gasteiger charge is 2.21. The second-order valence-corrected chi connectivity index (χ2v) is 6.79. The summed E-state index contributed by atoms with van der Waals surface area (Å²) in [4.78, 5) is 14.8. The van der Waals surface area contributed by atoms with Gasteiger partial charge in [-0.15, -0.1) is 0 Å². The molecule has 23 heavy (non-hydrogen) atoms. The topological polar surface area (TPSA) is 38.8 Å². The van der Waals surface area contributed by atoms with Crippen LogP contribution in [-0.4, -0.2) is 42.7 Å². The molecule has 1 atom stereocenters. The fourth-order valence-electron chi connectivity index (χ4n) is 3.14. The summed E-state index contributed by atoms with van der Waals surface area (Å²) in [6.07, 6.45) is 2.61. The quantitative estimate of drug-likeness (QED) is 0.749. The zero-order valence-corrected chi connectivity index (χ0v) is 15.0. The molecule has 0 aliphatic carbocycles. The van der Waals surface area contributed by atoms with Crippen LogP contribution >= 0.6 is 0 Å². The number of carbonyl (C=O) groups excluding carboxylic acids is 1. The molecule has 0 amide bonds. The lowest BCUT2D eigenvalue weighted by molar-refractivity contribution is 0.0393. The van der Waals surface area contributed by atoms with Crippen LogP contribution in [0.1, 0.15) is 55.1 Å². The van der Waals surface area contributed by atoms with Gasteiger partial charge >= 0.3 is 5.97 Å². The summed E-state index contributed by atoms with van der Waals surface area (Å²) in [5.41, 5.74) is 2.47. The van der Waals surface area contributed by atoms with E-state index in [-0.39, 0.29) is 18.1 Å². The van der Waals surface area contributed by atoms with Crippen LogP contribution in [-0.2, 0) is 4.74 Å². The number of benzene rings is 1. The number of nitrogens with zero attached hydrogens (tertiary/aromatic N) is 1. The Balaban J connectivity index is 2.01. The van der Waals surface area contributed by atoms with Gasteiger partial charge in [0.15, 0.2) is 0 Å². The Morgan fingerprint density at radius 2 is 1.70 bits per heavy atom. The standard InChI is InChI=1S/C19H29NO3/c1-13(2)23-17-10-14(3)18(15(4)11-17)19(21)22-12-16(5)20-8-6-7-9-20/h10-11,13,16H,6-9,12H2,1-5H3. The average molecular weight is 319 g/mol. The number of likely N-dealkylation sites (tertiary alicyclic amines) is 1. The molecule has 1 aliphatic heterocycles. The van der Waals surface area contributed by atoms with E-state index < -0.39 is 0 Å². The Morgan fingerprint density at radius 3 is 2.22 bits per heavy atom. The predicted octanol–water partition coefficient (Wildman–Crippen LogP) is 3.73. The normalized spacial score (nSPS) is 16.6. The SMILES string of the molecule is Cc1cc(OC(C)C)cc(C)c1C(=O)OCC(C)N1CCCC1. The molecule has 0 radical (unpaired) electrons. The molecule has 1 unspecified atom stereocenters. The molecule has 0 N–H and O–H groups in total. The number of rotatable bonds is 6. The molecule has 1 aromatic rings. The molecule has 1 aliphatic rings. The molecule has 0 bridgehead atoms. The Morgan fingerprint density at radius 1 is 1.13 bits per heavy atom. The van der Waals surface area contributed by atoms with Gasteiger partial charge in [-0.05, 0) is 83.8 Å². The van der Waals surface area contributed by atoms with Crippen molar-refractivity contribution in [1.29, 1.82) is 0 Å². The zero-order valence-electron chi connectivity index (χ0n) is 15.0. The lowest BCUT2D eigenvalue weighted by Gasteiger charge is -2.23. The summed E-state index contributed by atoms with van der Waals surface area (Å²) in [7, 11) is 0. The number of aryl methyl sites for hydroxylation is 2.